The summed E-state index contributed by atoms with van der Waals surface area (Å²) in [4.78, 5) is 52.5. The molecule has 0 radical (unpaired) electrons. The Hall–Kier alpha value is -3.91. The number of para-hydroxylation sites is 1. The number of aliphatic hydroxyl groups excluding tert-OH is 1. The minimum Gasteiger partial charge on any atom is -0.463 e. The number of esters is 1. The average molecular weight is 637 g/mol. The summed E-state index contributed by atoms with van der Waals surface area (Å²) in [5, 5.41) is 15.4. The third kappa shape index (κ3) is 11.2. The van der Waals surface area contributed by atoms with Crippen molar-refractivity contribution < 1.29 is 42.5 Å². The van der Waals surface area contributed by atoms with Gasteiger partial charge >= 0.3 is 23.7 Å². The Kier molecular flexibility index (Phi) is 14.3. The van der Waals surface area contributed by atoms with E-state index >= 15 is 8.78 Å². The maximum Gasteiger partial charge on any atom is 0.412 e. The highest BCUT2D eigenvalue weighted by molar-refractivity contribution is 5.90. The fourth-order valence-electron chi connectivity index (χ4n) is 4.75. The van der Waals surface area contributed by atoms with E-state index in [1.165, 1.54) is 0 Å². The Balaban J connectivity index is 1.43. The Morgan fingerprint density at radius 2 is 1.64 bits per heavy atom. The number of nitrogens with zero attached hydrogens (tertiary/aromatic N) is 2. The molecular weight excluding hydrogens is 594 g/mol. The molecule has 3 atom stereocenters. The van der Waals surface area contributed by atoms with Crippen molar-refractivity contribution >= 4 is 29.5 Å². The van der Waals surface area contributed by atoms with E-state index in [2.05, 4.69) is 22.5 Å². The zero-order valence-electron chi connectivity index (χ0n) is 25.4. The van der Waals surface area contributed by atoms with E-state index in [0.717, 1.165) is 43.6 Å². The number of amides is 2. The van der Waals surface area contributed by atoms with Crippen LogP contribution in [0.25, 0.3) is 0 Å². The van der Waals surface area contributed by atoms with Gasteiger partial charge in [0.15, 0.2) is 6.10 Å². The summed E-state index contributed by atoms with van der Waals surface area (Å²) in [6, 6.07) is 10.2. The van der Waals surface area contributed by atoms with Crippen LogP contribution in [-0.2, 0) is 23.8 Å². The van der Waals surface area contributed by atoms with Crippen molar-refractivity contribution in [1.82, 2.24) is 9.55 Å². The van der Waals surface area contributed by atoms with Crippen molar-refractivity contribution in [3.05, 3.63) is 53.1 Å². The number of anilines is 2. The monoisotopic (exact) mass is 636 g/mol. The molecule has 2 heterocycles. The van der Waals surface area contributed by atoms with Gasteiger partial charge in [0.05, 0.1) is 6.61 Å². The third-order valence-corrected chi connectivity index (χ3v) is 7.21. The molecule has 0 spiro atoms. The lowest BCUT2D eigenvalue weighted by Gasteiger charge is -2.23. The fraction of sp³-hybridized carbons (Fsp3) is 0.581. The molecule has 1 aromatic heterocycles. The van der Waals surface area contributed by atoms with Gasteiger partial charge in [0, 0.05) is 24.7 Å². The van der Waals surface area contributed by atoms with E-state index in [9.17, 15) is 24.3 Å². The lowest BCUT2D eigenvalue weighted by molar-refractivity contribution is -0.150. The molecule has 12 nitrogen and oxygen atoms in total. The molecule has 45 heavy (non-hydrogen) atoms. The van der Waals surface area contributed by atoms with Crippen LogP contribution in [0.1, 0.15) is 83.8 Å². The summed E-state index contributed by atoms with van der Waals surface area (Å²) < 4.78 is 46.2. The minimum atomic E-state index is -3.99. The molecule has 1 saturated heterocycles. The molecular formula is C31H42F2N4O8. The minimum absolute atomic E-state index is 0.00962. The van der Waals surface area contributed by atoms with Crippen LogP contribution in [0, 0.1) is 0 Å². The van der Waals surface area contributed by atoms with Crippen LogP contribution in [0.3, 0.4) is 0 Å². The number of aliphatic hydroxyl groups is 1. The Bertz CT molecular complexity index is 1290. The fourth-order valence-corrected chi connectivity index (χ4v) is 4.75. The molecule has 2 aromatic rings. The summed E-state index contributed by atoms with van der Waals surface area (Å²) in [5.74, 6) is -5.12. The first-order valence-electron chi connectivity index (χ1n) is 15.4. The molecule has 248 valence electrons. The van der Waals surface area contributed by atoms with E-state index in [1.54, 1.807) is 12.1 Å². The van der Waals surface area contributed by atoms with Crippen molar-refractivity contribution in [2.75, 3.05) is 23.8 Å². The normalized spacial score (nSPS) is 18.7. The third-order valence-electron chi connectivity index (χ3n) is 7.21. The molecule has 1 aromatic carbocycles. The molecule has 1 aliphatic heterocycles. The zero-order valence-corrected chi connectivity index (χ0v) is 25.4. The number of unbranched alkanes of at least 4 members (excludes halogenated alkanes) is 7. The topological polar surface area (TPSA) is 158 Å². The van der Waals surface area contributed by atoms with Gasteiger partial charge in [-0.3, -0.25) is 14.9 Å². The first-order chi connectivity index (χ1) is 21.6. The lowest BCUT2D eigenvalue weighted by atomic mass is 10.1. The predicted molar refractivity (Wildman–Crippen MR) is 161 cm³/mol. The van der Waals surface area contributed by atoms with Crippen LogP contribution >= 0.6 is 0 Å². The van der Waals surface area contributed by atoms with E-state index in [0.29, 0.717) is 43.1 Å². The van der Waals surface area contributed by atoms with Crippen LogP contribution in [0.15, 0.2) is 47.4 Å². The highest BCUT2D eigenvalue weighted by Gasteiger charge is 2.60. The molecule has 2 amide bonds. The van der Waals surface area contributed by atoms with Gasteiger partial charge in [-0.25, -0.2) is 19.1 Å². The van der Waals surface area contributed by atoms with Crippen molar-refractivity contribution in [3.63, 3.8) is 0 Å². The molecule has 0 unspecified atom stereocenters. The molecule has 14 heteroatoms. The zero-order chi connectivity index (χ0) is 32.7. The SMILES string of the molecule is CCCCCCCOC(=O)Nc1ccnc(=O)n1[C@@H]1O[C@H](COC(=O)CCCCCCC(=O)Nc2ccccc2)[C@@H](O)C1(F)F. The second-order valence-corrected chi connectivity index (χ2v) is 10.8. The summed E-state index contributed by atoms with van der Waals surface area (Å²) >= 11 is 0. The lowest BCUT2D eigenvalue weighted by Crippen LogP contribution is -2.42. The summed E-state index contributed by atoms with van der Waals surface area (Å²) in [7, 11) is 0. The van der Waals surface area contributed by atoms with E-state index in [4.69, 9.17) is 14.2 Å². The highest BCUT2D eigenvalue weighted by Crippen LogP contribution is 2.43. The number of nitrogens with one attached hydrogen (secondary N) is 2. The van der Waals surface area contributed by atoms with Crippen LogP contribution in [0.5, 0.6) is 0 Å². The molecule has 1 fully saturated rings. The van der Waals surface area contributed by atoms with Crippen LogP contribution < -0.4 is 16.3 Å². The Labute approximate surface area is 260 Å². The van der Waals surface area contributed by atoms with Gasteiger partial charge < -0.3 is 24.6 Å². The molecule has 1 aliphatic rings. The second-order valence-electron chi connectivity index (χ2n) is 10.8. The second kappa shape index (κ2) is 18.2. The average Bonchev–Trinajstić information content (AvgIpc) is 3.23. The Morgan fingerprint density at radius 1 is 0.956 bits per heavy atom. The number of rotatable bonds is 18. The standard InChI is InChI=1S/C31H42F2N4O8/c1-2-3-4-7-13-20-43-30(42)36-24-18-19-34-29(41)37(24)28-31(32,33)27(40)23(45-28)21-44-26(39)17-12-6-5-11-16-25(38)35-22-14-9-8-10-15-22/h8-10,14-15,18-19,23,27-28,40H,2-7,11-13,16-17,20-21H2,1H3,(H,35,38)(H,36,42)/t23-,27-,28-/m1/s1. The van der Waals surface area contributed by atoms with Crippen molar-refractivity contribution in [3.8, 4) is 0 Å². The maximum absolute atomic E-state index is 15.1. The maximum atomic E-state index is 15.1. The molecule has 0 bridgehead atoms. The number of alkyl halides is 2. The van der Waals surface area contributed by atoms with E-state index in [-0.39, 0.29) is 24.8 Å². The van der Waals surface area contributed by atoms with Crippen molar-refractivity contribution in [2.45, 2.75) is 102 Å². The number of carbonyl (C=O) groups excluding carboxylic acids is 3. The van der Waals surface area contributed by atoms with Gasteiger partial charge in [0.25, 0.3) is 0 Å². The Morgan fingerprint density at radius 3 is 2.38 bits per heavy atom. The number of halogens is 2. The van der Waals surface area contributed by atoms with Crippen LogP contribution in [-0.4, -0.2) is 64.0 Å². The molecule has 3 N–H and O–H groups in total. The smallest absolute Gasteiger partial charge is 0.412 e. The first kappa shape index (κ1) is 35.6. The van der Waals surface area contributed by atoms with Gasteiger partial charge in [-0.05, 0) is 37.5 Å². The van der Waals surface area contributed by atoms with Gasteiger partial charge in [0.1, 0.15) is 18.5 Å². The first-order valence-corrected chi connectivity index (χ1v) is 15.4. The molecule has 0 saturated carbocycles. The summed E-state index contributed by atoms with van der Waals surface area (Å²) in [6.07, 6.45) is 1.09. The van der Waals surface area contributed by atoms with Crippen LogP contribution in [0.4, 0.5) is 25.1 Å². The van der Waals surface area contributed by atoms with Gasteiger partial charge in [-0.2, -0.15) is 8.78 Å². The van der Waals surface area contributed by atoms with Gasteiger partial charge in [-0.1, -0.05) is 63.6 Å². The number of carbonyl (C=O) groups is 3. The van der Waals surface area contributed by atoms with Gasteiger partial charge in [0.2, 0.25) is 12.1 Å². The number of aromatic nitrogens is 2. The quantitative estimate of drug-likeness (QED) is 0.148. The van der Waals surface area contributed by atoms with Gasteiger partial charge in [-0.15, -0.1) is 0 Å². The predicted octanol–water partition coefficient (Wildman–Crippen LogP) is 5.18. The summed E-state index contributed by atoms with van der Waals surface area (Å²) in [5.41, 5.74) is -0.432. The number of hydrogen-bond acceptors (Lipinski definition) is 9. The summed E-state index contributed by atoms with van der Waals surface area (Å²) in [6.45, 7) is 1.51. The van der Waals surface area contributed by atoms with Crippen molar-refractivity contribution in [1.29, 1.82) is 0 Å². The number of hydrogen-bond donors (Lipinski definition) is 3. The highest BCUT2D eigenvalue weighted by atomic mass is 19.3. The largest absolute Gasteiger partial charge is 0.463 e. The molecule has 0 aliphatic carbocycles. The number of ether oxygens (including phenoxy) is 3. The number of benzene rings is 1. The molecule has 3 rings (SSSR count). The van der Waals surface area contributed by atoms with E-state index < -0.39 is 48.7 Å². The van der Waals surface area contributed by atoms with Crippen molar-refractivity contribution in [2.24, 2.45) is 0 Å². The van der Waals surface area contributed by atoms with Crippen LogP contribution in [0.2, 0.25) is 0 Å². The van der Waals surface area contributed by atoms with E-state index in [1.807, 2.05) is 18.2 Å².